The summed E-state index contributed by atoms with van der Waals surface area (Å²) in [7, 11) is 0. The first-order valence-corrected chi connectivity index (χ1v) is 10.3. The fourth-order valence-corrected chi connectivity index (χ4v) is 4.22. The molecule has 1 N–H and O–H groups in total. The molecule has 1 atom stereocenters. The van der Waals surface area contributed by atoms with Gasteiger partial charge in [-0.3, -0.25) is 9.47 Å². The number of nitrogens with zero attached hydrogens (tertiary/aromatic N) is 4. The predicted octanol–water partition coefficient (Wildman–Crippen LogP) is 3.67. The Labute approximate surface area is 182 Å². The lowest BCUT2D eigenvalue weighted by atomic mass is 9.95. The molecule has 174 valence electrons. The van der Waals surface area contributed by atoms with Crippen LogP contribution in [0.3, 0.4) is 0 Å². The van der Waals surface area contributed by atoms with Crippen LogP contribution < -0.4 is 14.8 Å². The number of ether oxygens (including phenoxy) is 2. The summed E-state index contributed by atoms with van der Waals surface area (Å²) in [6, 6.07) is 6.01. The Morgan fingerprint density at radius 3 is 2.59 bits per heavy atom. The molecule has 2 aliphatic heterocycles. The lowest BCUT2D eigenvalue weighted by Gasteiger charge is -2.36. The molecule has 1 fully saturated rings. The number of hydrogen-bond donors (Lipinski definition) is 1. The molecule has 0 radical (unpaired) electrons. The molecule has 2 aromatic rings. The number of anilines is 1. The topological polar surface area (TPSA) is 94.7 Å². The highest BCUT2D eigenvalue weighted by Gasteiger charge is 2.41. The summed E-state index contributed by atoms with van der Waals surface area (Å²) < 4.78 is 48.2. The maximum absolute atomic E-state index is 12.2. The molecule has 0 aliphatic carbocycles. The molecule has 1 aromatic carbocycles. The number of alkyl halides is 3. The third kappa shape index (κ3) is 5.42. The van der Waals surface area contributed by atoms with E-state index in [0.717, 1.165) is 38.2 Å². The molecule has 1 unspecified atom stereocenters. The number of hydrogen-bond acceptors (Lipinski definition) is 7. The second-order valence-electron chi connectivity index (χ2n) is 8.49. The third-order valence-corrected chi connectivity index (χ3v) is 5.70. The summed E-state index contributed by atoms with van der Waals surface area (Å²) >= 11 is 0. The Bertz CT molecular complexity index is 932. The number of fused-ring (bicyclic) bond motifs is 1. The summed E-state index contributed by atoms with van der Waals surface area (Å²) in [4.78, 5) is 16.5. The first-order valence-electron chi connectivity index (χ1n) is 10.3. The number of piperidine rings is 1. The lowest BCUT2D eigenvalue weighted by Crippen LogP contribution is -2.48. The van der Waals surface area contributed by atoms with Gasteiger partial charge in [-0.1, -0.05) is 0 Å². The van der Waals surface area contributed by atoms with E-state index in [1.54, 1.807) is 16.7 Å². The number of benzene rings is 1. The largest absolute Gasteiger partial charge is 0.573 e. The van der Waals surface area contributed by atoms with E-state index in [1.807, 2.05) is 6.92 Å². The molecule has 0 saturated carbocycles. The van der Waals surface area contributed by atoms with Crippen LogP contribution in [0.1, 0.15) is 19.8 Å². The van der Waals surface area contributed by atoms with Crippen molar-refractivity contribution in [3.05, 3.63) is 40.6 Å². The first kappa shape index (κ1) is 22.2. The zero-order chi connectivity index (χ0) is 22.9. The highest BCUT2D eigenvalue weighted by Crippen LogP contribution is 2.32. The van der Waals surface area contributed by atoms with Crippen LogP contribution in [0.15, 0.2) is 30.5 Å². The normalized spacial score (nSPS) is 21.8. The number of aromatic nitrogens is 2. The zero-order valence-corrected chi connectivity index (χ0v) is 17.5. The summed E-state index contributed by atoms with van der Waals surface area (Å²) in [5.41, 5.74) is 0.264. The van der Waals surface area contributed by atoms with Crippen LogP contribution in [0.4, 0.5) is 24.7 Å². The van der Waals surface area contributed by atoms with Gasteiger partial charge in [-0.15, -0.1) is 13.2 Å². The van der Waals surface area contributed by atoms with Gasteiger partial charge in [0.05, 0.1) is 6.54 Å². The smallest absolute Gasteiger partial charge is 0.436 e. The van der Waals surface area contributed by atoms with Crippen molar-refractivity contribution in [3.8, 4) is 11.8 Å². The van der Waals surface area contributed by atoms with Gasteiger partial charge < -0.3 is 24.9 Å². The molecule has 0 amide bonds. The SMILES string of the molecule is CC1(CN2CCC(CNc3ccc(OC(F)(F)F)cc3)CC2)Cn2cc([N+](=O)[O-])nc2O1. The average Bonchev–Trinajstić information content (AvgIpc) is 3.22. The van der Waals surface area contributed by atoms with Crippen LogP contribution in [0.25, 0.3) is 0 Å². The molecule has 32 heavy (non-hydrogen) atoms. The van der Waals surface area contributed by atoms with Gasteiger partial charge >= 0.3 is 18.2 Å². The van der Waals surface area contributed by atoms with Crippen molar-refractivity contribution in [2.24, 2.45) is 5.92 Å². The molecule has 9 nitrogen and oxygen atoms in total. The van der Waals surface area contributed by atoms with E-state index < -0.39 is 16.9 Å². The molecular formula is C20H24F3N5O4. The van der Waals surface area contributed by atoms with Gasteiger partial charge in [0.2, 0.25) is 0 Å². The number of likely N-dealkylation sites (tertiary alicyclic amines) is 1. The monoisotopic (exact) mass is 455 g/mol. The highest BCUT2D eigenvalue weighted by molar-refractivity contribution is 5.46. The first-order chi connectivity index (χ1) is 15.1. The Hall–Kier alpha value is -3.02. The quantitative estimate of drug-likeness (QED) is 0.503. The van der Waals surface area contributed by atoms with Crippen LogP contribution in [-0.4, -0.2) is 57.5 Å². The second-order valence-corrected chi connectivity index (χ2v) is 8.49. The lowest BCUT2D eigenvalue weighted by molar-refractivity contribution is -0.389. The van der Waals surface area contributed by atoms with Crippen LogP contribution in [-0.2, 0) is 6.54 Å². The highest BCUT2D eigenvalue weighted by atomic mass is 19.4. The van der Waals surface area contributed by atoms with E-state index in [1.165, 1.54) is 18.3 Å². The van der Waals surface area contributed by atoms with Crippen molar-refractivity contribution in [2.45, 2.75) is 38.3 Å². The van der Waals surface area contributed by atoms with E-state index in [0.29, 0.717) is 19.0 Å². The van der Waals surface area contributed by atoms with Gasteiger partial charge in [0.1, 0.15) is 17.5 Å². The fourth-order valence-electron chi connectivity index (χ4n) is 4.22. The molecule has 1 saturated heterocycles. The van der Waals surface area contributed by atoms with Gasteiger partial charge in [-0.05, 0) is 68.0 Å². The van der Waals surface area contributed by atoms with E-state index in [9.17, 15) is 23.3 Å². The number of rotatable bonds is 7. The van der Waals surface area contributed by atoms with Crippen molar-refractivity contribution >= 4 is 11.5 Å². The summed E-state index contributed by atoms with van der Waals surface area (Å²) in [5.74, 6) is 0.00105. The molecule has 0 spiro atoms. The molecule has 12 heteroatoms. The van der Waals surface area contributed by atoms with Crippen molar-refractivity contribution in [1.29, 1.82) is 0 Å². The van der Waals surface area contributed by atoms with Gasteiger partial charge in [-0.25, -0.2) is 0 Å². The van der Waals surface area contributed by atoms with Crippen LogP contribution in [0.2, 0.25) is 0 Å². The third-order valence-electron chi connectivity index (χ3n) is 5.70. The van der Waals surface area contributed by atoms with Gasteiger partial charge in [0.15, 0.2) is 0 Å². The Kier molecular flexibility index (Phi) is 5.89. The molecule has 1 aromatic heterocycles. The van der Waals surface area contributed by atoms with Crippen molar-refractivity contribution in [2.75, 3.05) is 31.5 Å². The number of halogens is 3. The maximum atomic E-state index is 12.2. The summed E-state index contributed by atoms with van der Waals surface area (Å²) in [6.45, 7) is 5.72. The van der Waals surface area contributed by atoms with Crippen molar-refractivity contribution < 1.29 is 27.6 Å². The van der Waals surface area contributed by atoms with Gasteiger partial charge in [-0.2, -0.15) is 0 Å². The number of imidazole rings is 1. The minimum atomic E-state index is -4.69. The Morgan fingerprint density at radius 1 is 1.31 bits per heavy atom. The molecule has 3 heterocycles. The Balaban J connectivity index is 1.20. The zero-order valence-electron chi connectivity index (χ0n) is 17.5. The van der Waals surface area contributed by atoms with Crippen LogP contribution in [0, 0.1) is 16.0 Å². The number of nitrogens with one attached hydrogen (secondary N) is 1. The fraction of sp³-hybridized carbons (Fsp3) is 0.550. The van der Waals surface area contributed by atoms with Gasteiger partial charge in [0, 0.05) is 23.8 Å². The van der Waals surface area contributed by atoms with Crippen molar-refractivity contribution in [3.63, 3.8) is 0 Å². The standard InChI is InChI=1S/C20H24F3N5O4/c1-19(13-27-11-17(28(29)30)25-18(27)32-19)12-26-8-6-14(7-9-26)10-24-15-2-4-16(5-3-15)31-20(21,22)23/h2-5,11,14,24H,6-10,12-13H2,1H3. The molecular weight excluding hydrogens is 431 g/mol. The molecule has 0 bridgehead atoms. The molecule has 4 rings (SSSR count). The summed E-state index contributed by atoms with van der Waals surface area (Å²) in [6.07, 6.45) is -1.33. The van der Waals surface area contributed by atoms with Crippen LogP contribution >= 0.6 is 0 Å². The van der Waals surface area contributed by atoms with E-state index in [4.69, 9.17) is 4.74 Å². The van der Waals surface area contributed by atoms with E-state index in [-0.39, 0.29) is 17.6 Å². The minimum Gasteiger partial charge on any atom is -0.436 e. The average molecular weight is 455 g/mol. The second kappa shape index (κ2) is 8.49. The minimum absolute atomic E-state index is 0.210. The maximum Gasteiger partial charge on any atom is 0.573 e. The predicted molar refractivity (Wildman–Crippen MR) is 109 cm³/mol. The van der Waals surface area contributed by atoms with Crippen molar-refractivity contribution in [1.82, 2.24) is 14.5 Å². The number of nitro groups is 1. The van der Waals surface area contributed by atoms with E-state index in [2.05, 4.69) is 19.9 Å². The van der Waals surface area contributed by atoms with Gasteiger partial charge in [0.25, 0.3) is 0 Å². The summed E-state index contributed by atoms with van der Waals surface area (Å²) in [5, 5.41) is 14.1. The van der Waals surface area contributed by atoms with E-state index >= 15 is 0 Å². The Morgan fingerprint density at radius 2 is 2.00 bits per heavy atom. The molecule has 2 aliphatic rings. The van der Waals surface area contributed by atoms with Crippen LogP contribution in [0.5, 0.6) is 11.8 Å².